The largest absolute Gasteiger partial charge is 0.352 e. The molecule has 0 aliphatic carbocycles. The molecule has 0 saturated heterocycles. The van der Waals surface area contributed by atoms with Gasteiger partial charge in [-0.3, -0.25) is 14.2 Å². The first-order valence-electron chi connectivity index (χ1n) is 11.5. The average Bonchev–Trinajstić information content (AvgIpc) is 2.77. The minimum atomic E-state index is -0.137. The summed E-state index contributed by atoms with van der Waals surface area (Å²) in [7, 11) is 0. The van der Waals surface area contributed by atoms with E-state index in [4.69, 9.17) is 4.98 Å². The molecule has 1 amide bonds. The fraction of sp³-hybridized carbons (Fsp3) is 0.423. The molecule has 0 atom stereocenters. The number of amides is 1. The Morgan fingerprint density at radius 3 is 2.41 bits per heavy atom. The van der Waals surface area contributed by atoms with E-state index in [9.17, 15) is 9.59 Å². The molecule has 0 spiro atoms. The third-order valence-electron chi connectivity index (χ3n) is 5.71. The van der Waals surface area contributed by atoms with Crippen LogP contribution in [0.1, 0.15) is 55.6 Å². The fourth-order valence-corrected chi connectivity index (χ4v) is 3.69. The minimum absolute atomic E-state index is 0.0933. The van der Waals surface area contributed by atoms with Crippen LogP contribution in [-0.4, -0.2) is 35.1 Å². The molecular weight excluding hydrogens is 400 g/mol. The maximum Gasteiger partial charge on any atom is 0.263 e. The molecule has 0 saturated carbocycles. The van der Waals surface area contributed by atoms with E-state index in [0.29, 0.717) is 41.4 Å². The molecule has 0 unspecified atom stereocenters. The molecule has 6 heteroatoms. The molecule has 0 aliphatic rings. The van der Waals surface area contributed by atoms with Crippen molar-refractivity contribution >= 4 is 22.8 Å². The Kier molecular flexibility index (Phi) is 7.67. The third kappa shape index (κ3) is 5.36. The van der Waals surface area contributed by atoms with Gasteiger partial charge in [0.15, 0.2) is 0 Å². The van der Waals surface area contributed by atoms with Gasteiger partial charge in [-0.15, -0.1) is 0 Å². The quantitative estimate of drug-likeness (QED) is 0.543. The SMILES string of the molecule is CCN(CC)c1nc2cc(C(=O)NCCC(C)C)ccc2c(=O)n1Cc1ccc(C)cc1. The smallest absolute Gasteiger partial charge is 0.263 e. The number of hydrogen-bond donors (Lipinski definition) is 1. The molecule has 3 rings (SSSR count). The van der Waals surface area contributed by atoms with Crippen molar-refractivity contribution in [1.82, 2.24) is 14.9 Å². The predicted octanol–water partition coefficient (Wildman–Crippen LogP) is 4.38. The summed E-state index contributed by atoms with van der Waals surface area (Å²) in [5.74, 6) is 1.02. The van der Waals surface area contributed by atoms with E-state index >= 15 is 0 Å². The molecule has 0 fully saturated rings. The molecule has 1 heterocycles. The van der Waals surface area contributed by atoms with E-state index in [1.807, 2.05) is 19.1 Å². The maximum atomic E-state index is 13.5. The van der Waals surface area contributed by atoms with E-state index in [1.54, 1.807) is 22.8 Å². The van der Waals surface area contributed by atoms with Gasteiger partial charge in [0.25, 0.3) is 11.5 Å². The van der Waals surface area contributed by atoms with Crippen LogP contribution in [0.5, 0.6) is 0 Å². The van der Waals surface area contributed by atoms with Crippen LogP contribution in [0.4, 0.5) is 5.95 Å². The lowest BCUT2D eigenvalue weighted by atomic mass is 10.1. The van der Waals surface area contributed by atoms with Gasteiger partial charge in [0.1, 0.15) is 0 Å². The molecule has 0 aliphatic heterocycles. The number of rotatable bonds is 9. The van der Waals surface area contributed by atoms with E-state index in [-0.39, 0.29) is 11.5 Å². The summed E-state index contributed by atoms with van der Waals surface area (Å²) in [5.41, 5.74) is 3.21. The van der Waals surface area contributed by atoms with Crippen molar-refractivity contribution in [3.63, 3.8) is 0 Å². The van der Waals surface area contributed by atoms with Gasteiger partial charge in [-0.1, -0.05) is 43.7 Å². The molecule has 1 N–H and O–H groups in total. The highest BCUT2D eigenvalue weighted by molar-refractivity contribution is 5.97. The minimum Gasteiger partial charge on any atom is -0.352 e. The molecule has 2 aromatic carbocycles. The van der Waals surface area contributed by atoms with E-state index < -0.39 is 0 Å². The second kappa shape index (κ2) is 10.4. The van der Waals surface area contributed by atoms with Gasteiger partial charge >= 0.3 is 0 Å². The third-order valence-corrected chi connectivity index (χ3v) is 5.71. The number of aryl methyl sites for hydroxylation is 1. The van der Waals surface area contributed by atoms with Crippen LogP contribution >= 0.6 is 0 Å². The van der Waals surface area contributed by atoms with Gasteiger partial charge in [0.05, 0.1) is 17.4 Å². The molecule has 170 valence electrons. The van der Waals surface area contributed by atoms with Crippen LogP contribution < -0.4 is 15.8 Å². The average molecular weight is 435 g/mol. The zero-order valence-corrected chi connectivity index (χ0v) is 19.8. The Hall–Kier alpha value is -3.15. The van der Waals surface area contributed by atoms with Crippen LogP contribution in [0.15, 0.2) is 47.3 Å². The lowest BCUT2D eigenvalue weighted by Crippen LogP contribution is -2.33. The topological polar surface area (TPSA) is 67.2 Å². The maximum absolute atomic E-state index is 13.5. The summed E-state index contributed by atoms with van der Waals surface area (Å²) in [6.07, 6.45) is 0.924. The summed E-state index contributed by atoms with van der Waals surface area (Å²) >= 11 is 0. The second-order valence-electron chi connectivity index (χ2n) is 8.63. The second-order valence-corrected chi connectivity index (χ2v) is 8.63. The van der Waals surface area contributed by atoms with Crippen LogP contribution in [-0.2, 0) is 6.54 Å². The highest BCUT2D eigenvalue weighted by Gasteiger charge is 2.17. The number of fused-ring (bicyclic) bond motifs is 1. The molecule has 6 nitrogen and oxygen atoms in total. The summed E-state index contributed by atoms with van der Waals surface area (Å²) in [6.45, 7) is 12.9. The number of nitrogens with one attached hydrogen (secondary N) is 1. The first kappa shape index (κ1) is 23.5. The van der Waals surface area contributed by atoms with Crippen molar-refractivity contribution in [1.29, 1.82) is 0 Å². The Balaban J connectivity index is 2.04. The van der Waals surface area contributed by atoms with E-state index in [2.05, 4.69) is 50.0 Å². The number of aromatic nitrogens is 2. The molecule has 32 heavy (non-hydrogen) atoms. The Bertz CT molecular complexity index is 1130. The first-order valence-corrected chi connectivity index (χ1v) is 11.5. The summed E-state index contributed by atoms with van der Waals surface area (Å²) < 4.78 is 1.74. The van der Waals surface area contributed by atoms with Crippen molar-refractivity contribution in [3.8, 4) is 0 Å². The van der Waals surface area contributed by atoms with Crippen molar-refractivity contribution in [3.05, 3.63) is 69.5 Å². The van der Waals surface area contributed by atoms with Crippen LogP contribution in [0.2, 0.25) is 0 Å². The molecule has 3 aromatic rings. The van der Waals surface area contributed by atoms with Crippen molar-refractivity contribution < 1.29 is 4.79 Å². The van der Waals surface area contributed by atoms with Gasteiger partial charge in [-0.05, 0) is 56.9 Å². The molecule has 0 bridgehead atoms. The first-order chi connectivity index (χ1) is 15.3. The normalized spacial score (nSPS) is 11.2. The monoisotopic (exact) mass is 434 g/mol. The fourth-order valence-electron chi connectivity index (χ4n) is 3.69. The number of benzene rings is 2. The van der Waals surface area contributed by atoms with Crippen molar-refractivity contribution in [2.75, 3.05) is 24.5 Å². The summed E-state index contributed by atoms with van der Waals surface area (Å²) in [6, 6.07) is 13.4. The van der Waals surface area contributed by atoms with Gasteiger partial charge < -0.3 is 10.2 Å². The molecular formula is C26H34N4O2. The van der Waals surface area contributed by atoms with Gasteiger partial charge in [-0.25, -0.2) is 4.98 Å². The van der Waals surface area contributed by atoms with Crippen LogP contribution in [0.25, 0.3) is 10.9 Å². The predicted molar refractivity (Wildman–Crippen MR) is 132 cm³/mol. The standard InChI is InChI=1S/C26H34N4O2/c1-6-29(7-2)26-28-23-16-21(24(31)27-15-14-18(3)4)12-13-22(23)25(32)30(26)17-20-10-8-19(5)9-11-20/h8-13,16,18H,6-7,14-15,17H2,1-5H3,(H,27,31). The number of nitrogens with zero attached hydrogens (tertiary/aromatic N) is 3. The highest BCUT2D eigenvalue weighted by atomic mass is 16.1. The number of hydrogen-bond acceptors (Lipinski definition) is 4. The Morgan fingerprint density at radius 2 is 1.78 bits per heavy atom. The van der Waals surface area contributed by atoms with Gasteiger partial charge in [0.2, 0.25) is 5.95 Å². The Morgan fingerprint density at radius 1 is 1.09 bits per heavy atom. The number of carbonyl (C=O) groups excluding carboxylic acids is 1. The Labute approximate surface area is 190 Å². The van der Waals surface area contributed by atoms with Gasteiger partial charge in [0, 0.05) is 25.2 Å². The van der Waals surface area contributed by atoms with Crippen molar-refractivity contribution in [2.24, 2.45) is 5.92 Å². The lowest BCUT2D eigenvalue weighted by Gasteiger charge is -2.24. The highest BCUT2D eigenvalue weighted by Crippen LogP contribution is 2.18. The lowest BCUT2D eigenvalue weighted by molar-refractivity contribution is 0.0952. The van der Waals surface area contributed by atoms with E-state index in [1.165, 1.54) is 5.56 Å². The van der Waals surface area contributed by atoms with Crippen LogP contribution in [0.3, 0.4) is 0 Å². The number of anilines is 1. The van der Waals surface area contributed by atoms with Crippen molar-refractivity contribution in [2.45, 2.75) is 47.6 Å². The summed E-state index contributed by atoms with van der Waals surface area (Å²) in [5, 5.41) is 3.48. The molecule has 1 aromatic heterocycles. The summed E-state index contributed by atoms with van der Waals surface area (Å²) in [4.78, 5) is 33.0. The van der Waals surface area contributed by atoms with E-state index in [0.717, 1.165) is 25.1 Å². The van der Waals surface area contributed by atoms with Gasteiger partial charge in [-0.2, -0.15) is 0 Å². The zero-order chi connectivity index (χ0) is 23.3. The molecule has 0 radical (unpaired) electrons. The zero-order valence-electron chi connectivity index (χ0n) is 19.8. The number of carbonyl (C=O) groups is 1. The van der Waals surface area contributed by atoms with Crippen LogP contribution in [0, 0.1) is 12.8 Å².